The zero-order valence-electron chi connectivity index (χ0n) is 15.8. The summed E-state index contributed by atoms with van der Waals surface area (Å²) in [7, 11) is -3.18. The summed E-state index contributed by atoms with van der Waals surface area (Å²) in [6, 6.07) is 0. The number of hydrogen-bond acceptors (Lipinski definition) is 3. The Morgan fingerprint density at radius 1 is 1.18 bits per heavy atom. The fourth-order valence-electron chi connectivity index (χ4n) is 2.05. The van der Waals surface area contributed by atoms with Crippen LogP contribution in [0.2, 0.25) is 37.8 Å². The van der Waals surface area contributed by atoms with Crippen molar-refractivity contribution in [3.8, 4) is 11.5 Å². The number of aliphatic hydroxyl groups is 1. The van der Waals surface area contributed by atoms with E-state index in [0.717, 1.165) is 6.42 Å². The molecule has 0 aliphatic carbocycles. The number of rotatable bonds is 5. The molecule has 0 radical (unpaired) electrons. The molecule has 4 atom stereocenters. The first kappa shape index (κ1) is 19.9. The highest BCUT2D eigenvalue weighted by Gasteiger charge is 2.46. The summed E-state index contributed by atoms with van der Waals surface area (Å²) in [5, 5.41) is 10.3. The molecule has 1 aliphatic heterocycles. The zero-order valence-corrected chi connectivity index (χ0v) is 17.8. The van der Waals surface area contributed by atoms with E-state index in [0.29, 0.717) is 0 Å². The lowest BCUT2D eigenvalue weighted by Crippen LogP contribution is -2.43. The maximum Gasteiger partial charge on any atom is 0.192 e. The lowest BCUT2D eigenvalue weighted by atomic mass is 10.1. The van der Waals surface area contributed by atoms with Gasteiger partial charge in [-0.2, -0.15) is 0 Å². The number of ether oxygens (including phenoxy) is 1. The normalized spacial score (nSPS) is 25.2. The molecule has 0 bridgehead atoms. The highest BCUT2D eigenvalue weighted by atomic mass is 28.4. The minimum Gasteiger partial charge on any atom is -0.414 e. The van der Waals surface area contributed by atoms with Crippen LogP contribution in [0.25, 0.3) is 0 Å². The number of epoxide rings is 1. The summed E-state index contributed by atoms with van der Waals surface area (Å²) in [6.45, 7) is 19.9. The minimum atomic E-state index is -1.74. The van der Waals surface area contributed by atoms with Crippen LogP contribution in [0.4, 0.5) is 0 Å². The molecule has 1 saturated heterocycles. The maximum absolute atomic E-state index is 10.1. The van der Waals surface area contributed by atoms with E-state index in [1.807, 2.05) is 0 Å². The van der Waals surface area contributed by atoms with Gasteiger partial charge in [0.05, 0.1) is 6.10 Å². The number of hydrogen-bond donors (Lipinski definition) is 1. The second-order valence-electron chi connectivity index (χ2n) is 9.03. The molecule has 0 saturated carbocycles. The summed E-state index contributed by atoms with van der Waals surface area (Å²) >= 11 is 0. The first-order valence-corrected chi connectivity index (χ1v) is 14.7. The van der Waals surface area contributed by atoms with Crippen LogP contribution in [0.3, 0.4) is 0 Å². The van der Waals surface area contributed by atoms with Gasteiger partial charge in [-0.3, -0.25) is 0 Å². The van der Waals surface area contributed by atoms with Gasteiger partial charge in [-0.1, -0.05) is 46.3 Å². The SMILES string of the molecule is C[C@@H](C[C@H]1O[C@@H]1C(O)C#C[Si](C)(C)C)O[Si](C)(C)C(C)(C)C. The summed E-state index contributed by atoms with van der Waals surface area (Å²) in [5.41, 5.74) is 3.21. The van der Waals surface area contributed by atoms with Crippen molar-refractivity contribution in [1.82, 2.24) is 0 Å². The summed E-state index contributed by atoms with van der Waals surface area (Å²) in [4.78, 5) is 0. The van der Waals surface area contributed by atoms with Crippen LogP contribution >= 0.6 is 0 Å². The molecule has 0 amide bonds. The summed E-state index contributed by atoms with van der Waals surface area (Å²) < 4.78 is 12.0. The molecule has 1 rings (SSSR count). The average molecular weight is 343 g/mol. The van der Waals surface area contributed by atoms with Crippen molar-refractivity contribution in [3.63, 3.8) is 0 Å². The van der Waals surface area contributed by atoms with Crippen LogP contribution in [0.1, 0.15) is 34.1 Å². The van der Waals surface area contributed by atoms with Crippen molar-refractivity contribution < 1.29 is 14.3 Å². The van der Waals surface area contributed by atoms with E-state index in [1.54, 1.807) is 0 Å². The Labute approximate surface area is 138 Å². The third kappa shape index (κ3) is 6.17. The Bertz CT molecular complexity index is 438. The predicted molar refractivity (Wildman–Crippen MR) is 98.2 cm³/mol. The Kier molecular flexibility index (Phi) is 6.14. The van der Waals surface area contributed by atoms with E-state index in [-0.39, 0.29) is 23.4 Å². The highest BCUT2D eigenvalue weighted by Crippen LogP contribution is 2.39. The molecular formula is C17H34O3Si2. The molecule has 1 aliphatic rings. The zero-order chi connectivity index (χ0) is 17.3. The van der Waals surface area contributed by atoms with Gasteiger partial charge in [0.25, 0.3) is 0 Å². The molecule has 3 nitrogen and oxygen atoms in total. The standard InChI is InChI=1S/C17H34O3Si2/c1-13(20-22(8,9)17(2,3)4)12-15-16(19-15)14(18)10-11-21(5,6)7/h13-16,18H,12H2,1-9H3/t13-,14?,15+,16+/m0/s1. The van der Waals surface area contributed by atoms with Crippen LogP contribution in [-0.4, -0.2) is 45.9 Å². The maximum atomic E-state index is 10.1. The van der Waals surface area contributed by atoms with Crippen LogP contribution in [0.5, 0.6) is 0 Å². The van der Waals surface area contributed by atoms with Gasteiger partial charge in [-0.15, -0.1) is 5.54 Å². The topological polar surface area (TPSA) is 42.0 Å². The summed E-state index contributed by atoms with van der Waals surface area (Å²) in [5.74, 6) is 2.97. The van der Waals surface area contributed by atoms with Gasteiger partial charge in [0.2, 0.25) is 0 Å². The van der Waals surface area contributed by atoms with Gasteiger partial charge in [-0.05, 0) is 25.1 Å². The Morgan fingerprint density at radius 2 is 1.73 bits per heavy atom. The molecular weight excluding hydrogens is 308 g/mol. The minimum absolute atomic E-state index is 0.0886. The molecule has 22 heavy (non-hydrogen) atoms. The third-order valence-corrected chi connectivity index (χ3v) is 9.89. The van der Waals surface area contributed by atoms with Crippen molar-refractivity contribution in [3.05, 3.63) is 0 Å². The molecule has 128 valence electrons. The highest BCUT2D eigenvalue weighted by molar-refractivity contribution is 6.83. The van der Waals surface area contributed by atoms with Gasteiger partial charge >= 0.3 is 0 Å². The van der Waals surface area contributed by atoms with Gasteiger partial charge in [-0.25, -0.2) is 0 Å². The lowest BCUT2D eigenvalue weighted by molar-refractivity contribution is 0.173. The van der Waals surface area contributed by atoms with E-state index in [4.69, 9.17) is 9.16 Å². The second kappa shape index (κ2) is 6.78. The summed E-state index contributed by atoms with van der Waals surface area (Å²) in [6.07, 6.45) is 0.299. The van der Waals surface area contributed by atoms with Gasteiger partial charge < -0.3 is 14.3 Å². The lowest BCUT2D eigenvalue weighted by Gasteiger charge is -2.38. The van der Waals surface area contributed by atoms with E-state index in [2.05, 4.69) is 71.9 Å². The quantitative estimate of drug-likeness (QED) is 0.469. The predicted octanol–water partition coefficient (Wildman–Crippen LogP) is 3.80. The first-order chi connectivity index (χ1) is 9.73. The number of aliphatic hydroxyl groups excluding tert-OH is 1. The molecule has 0 spiro atoms. The van der Waals surface area contributed by atoms with Crippen molar-refractivity contribution >= 4 is 16.4 Å². The first-order valence-electron chi connectivity index (χ1n) is 8.27. The molecule has 0 aromatic carbocycles. The Balaban J connectivity index is 2.46. The Hall–Kier alpha value is -0.126. The van der Waals surface area contributed by atoms with Gasteiger partial charge in [0, 0.05) is 12.5 Å². The molecule has 1 N–H and O–H groups in total. The fraction of sp³-hybridized carbons (Fsp3) is 0.882. The largest absolute Gasteiger partial charge is 0.414 e. The van der Waals surface area contributed by atoms with Crippen molar-refractivity contribution in [2.75, 3.05) is 0 Å². The molecule has 1 unspecified atom stereocenters. The van der Waals surface area contributed by atoms with Crippen molar-refractivity contribution in [1.29, 1.82) is 0 Å². The molecule has 1 heterocycles. The van der Waals surface area contributed by atoms with Gasteiger partial charge in [0.15, 0.2) is 8.32 Å². The Morgan fingerprint density at radius 3 is 2.18 bits per heavy atom. The van der Waals surface area contributed by atoms with Crippen LogP contribution in [0.15, 0.2) is 0 Å². The smallest absolute Gasteiger partial charge is 0.192 e. The van der Waals surface area contributed by atoms with E-state index in [1.165, 1.54) is 0 Å². The van der Waals surface area contributed by atoms with E-state index >= 15 is 0 Å². The molecule has 0 aromatic heterocycles. The van der Waals surface area contributed by atoms with Crippen LogP contribution in [0, 0.1) is 11.5 Å². The van der Waals surface area contributed by atoms with Crippen LogP contribution < -0.4 is 0 Å². The van der Waals surface area contributed by atoms with E-state index in [9.17, 15) is 5.11 Å². The second-order valence-corrected chi connectivity index (χ2v) is 18.5. The molecule has 5 heteroatoms. The molecule has 1 fully saturated rings. The fourth-order valence-corrected chi connectivity index (χ4v) is 4.09. The van der Waals surface area contributed by atoms with Crippen molar-refractivity contribution in [2.24, 2.45) is 0 Å². The monoisotopic (exact) mass is 342 g/mol. The van der Waals surface area contributed by atoms with Crippen molar-refractivity contribution in [2.45, 2.75) is 96.3 Å². The third-order valence-electron chi connectivity index (χ3n) is 4.39. The van der Waals surface area contributed by atoms with E-state index < -0.39 is 22.5 Å². The average Bonchev–Trinajstić information content (AvgIpc) is 3.01. The molecule has 0 aromatic rings. The van der Waals surface area contributed by atoms with Crippen LogP contribution in [-0.2, 0) is 9.16 Å². The van der Waals surface area contributed by atoms with Gasteiger partial charge in [0.1, 0.15) is 20.3 Å².